The fourth-order valence-corrected chi connectivity index (χ4v) is 3.60. The van der Waals surface area contributed by atoms with E-state index < -0.39 is 0 Å². The van der Waals surface area contributed by atoms with E-state index in [1.165, 1.54) is 33.4 Å². The third-order valence-corrected chi connectivity index (χ3v) is 4.57. The lowest BCUT2D eigenvalue weighted by Crippen LogP contribution is -1.91. The SMILES string of the molecule is Nc1ccc2c(c1)/C(=C1\CCc3ccc(N)cc31)CC2. The molecule has 0 unspecified atom stereocenters. The van der Waals surface area contributed by atoms with Gasteiger partial charge in [0.1, 0.15) is 0 Å². The Morgan fingerprint density at radius 3 is 1.50 bits per heavy atom. The molecule has 0 saturated heterocycles. The van der Waals surface area contributed by atoms with E-state index in [1.807, 2.05) is 12.1 Å². The molecule has 4 rings (SSSR count). The van der Waals surface area contributed by atoms with Gasteiger partial charge >= 0.3 is 0 Å². The monoisotopic (exact) mass is 262 g/mol. The molecule has 0 heterocycles. The maximum atomic E-state index is 5.97. The predicted octanol–water partition coefficient (Wildman–Crippen LogP) is 3.65. The number of fused-ring (bicyclic) bond motifs is 2. The van der Waals surface area contributed by atoms with Crippen molar-refractivity contribution >= 4 is 22.5 Å². The second kappa shape index (κ2) is 4.14. The summed E-state index contributed by atoms with van der Waals surface area (Å²) in [4.78, 5) is 0. The maximum Gasteiger partial charge on any atom is 0.0320 e. The van der Waals surface area contributed by atoms with Crippen LogP contribution in [0.1, 0.15) is 35.1 Å². The summed E-state index contributed by atoms with van der Waals surface area (Å²) < 4.78 is 0. The molecule has 4 N–H and O–H groups in total. The molecule has 100 valence electrons. The van der Waals surface area contributed by atoms with Crippen molar-refractivity contribution in [2.75, 3.05) is 11.5 Å². The van der Waals surface area contributed by atoms with Gasteiger partial charge in [-0.15, -0.1) is 0 Å². The van der Waals surface area contributed by atoms with Gasteiger partial charge in [0.05, 0.1) is 0 Å². The molecular weight excluding hydrogens is 244 g/mol. The average molecular weight is 262 g/mol. The van der Waals surface area contributed by atoms with Crippen LogP contribution in [0, 0.1) is 0 Å². The van der Waals surface area contributed by atoms with Crippen molar-refractivity contribution in [1.82, 2.24) is 0 Å². The highest BCUT2D eigenvalue weighted by Gasteiger charge is 2.25. The molecule has 0 fully saturated rings. The molecule has 0 spiro atoms. The average Bonchev–Trinajstić information content (AvgIpc) is 3.01. The summed E-state index contributed by atoms with van der Waals surface area (Å²) >= 11 is 0. The van der Waals surface area contributed by atoms with E-state index in [4.69, 9.17) is 11.5 Å². The van der Waals surface area contributed by atoms with Crippen LogP contribution in [0.2, 0.25) is 0 Å². The number of aryl methyl sites for hydroxylation is 2. The zero-order valence-electron chi connectivity index (χ0n) is 11.4. The van der Waals surface area contributed by atoms with Crippen molar-refractivity contribution in [3.05, 3.63) is 58.7 Å². The van der Waals surface area contributed by atoms with Crippen molar-refractivity contribution in [2.24, 2.45) is 0 Å². The van der Waals surface area contributed by atoms with Gasteiger partial charge in [-0.25, -0.2) is 0 Å². The highest BCUT2D eigenvalue weighted by Crippen LogP contribution is 2.44. The van der Waals surface area contributed by atoms with Gasteiger partial charge < -0.3 is 11.5 Å². The maximum absolute atomic E-state index is 5.97. The molecule has 2 heteroatoms. The second-order valence-corrected chi connectivity index (χ2v) is 5.79. The molecule has 0 radical (unpaired) electrons. The van der Waals surface area contributed by atoms with Crippen LogP contribution in [0.5, 0.6) is 0 Å². The van der Waals surface area contributed by atoms with Gasteiger partial charge in [-0.2, -0.15) is 0 Å². The van der Waals surface area contributed by atoms with Gasteiger partial charge in [0.15, 0.2) is 0 Å². The molecule has 2 aliphatic carbocycles. The van der Waals surface area contributed by atoms with Crippen LogP contribution in [-0.2, 0) is 12.8 Å². The Kier molecular flexibility index (Phi) is 2.40. The molecule has 0 bridgehead atoms. The smallest absolute Gasteiger partial charge is 0.0320 e. The van der Waals surface area contributed by atoms with Crippen molar-refractivity contribution < 1.29 is 0 Å². The van der Waals surface area contributed by atoms with E-state index >= 15 is 0 Å². The molecular formula is C18H18N2. The van der Waals surface area contributed by atoms with E-state index in [1.54, 1.807) is 0 Å². The first kappa shape index (κ1) is 11.6. The molecule has 0 amide bonds. The molecule has 0 atom stereocenters. The lowest BCUT2D eigenvalue weighted by atomic mass is 9.96. The summed E-state index contributed by atoms with van der Waals surface area (Å²) in [6.45, 7) is 0. The third kappa shape index (κ3) is 1.64. The molecule has 0 saturated carbocycles. The number of allylic oxidation sites excluding steroid dienone is 2. The van der Waals surface area contributed by atoms with Crippen LogP contribution in [0.4, 0.5) is 11.4 Å². The van der Waals surface area contributed by atoms with Crippen molar-refractivity contribution in [3.63, 3.8) is 0 Å². The Morgan fingerprint density at radius 1 is 0.600 bits per heavy atom. The minimum atomic E-state index is 0.856. The number of hydrogen-bond acceptors (Lipinski definition) is 2. The van der Waals surface area contributed by atoms with Crippen molar-refractivity contribution in [2.45, 2.75) is 25.7 Å². The lowest BCUT2D eigenvalue weighted by molar-refractivity contribution is 1.06. The standard InChI is InChI=1S/C18H18N2/c19-13-5-1-11-3-7-15(17(11)9-13)16-8-4-12-2-6-14(20)10-18(12)16/h1-2,5-6,9-10H,3-4,7-8,19-20H2/b16-15+. The van der Waals surface area contributed by atoms with Gasteiger partial charge in [0.25, 0.3) is 0 Å². The molecule has 2 aromatic rings. The zero-order chi connectivity index (χ0) is 13.7. The van der Waals surface area contributed by atoms with Crippen LogP contribution in [0.15, 0.2) is 36.4 Å². The minimum Gasteiger partial charge on any atom is -0.399 e. The normalized spacial score (nSPS) is 20.0. The van der Waals surface area contributed by atoms with Gasteiger partial charge in [0.2, 0.25) is 0 Å². The van der Waals surface area contributed by atoms with E-state index in [9.17, 15) is 0 Å². The fourth-order valence-electron chi connectivity index (χ4n) is 3.60. The molecule has 0 aromatic heterocycles. The van der Waals surface area contributed by atoms with Gasteiger partial charge in [-0.3, -0.25) is 0 Å². The van der Waals surface area contributed by atoms with Crippen LogP contribution >= 0.6 is 0 Å². The summed E-state index contributed by atoms with van der Waals surface area (Å²) in [5, 5.41) is 0. The predicted molar refractivity (Wildman–Crippen MR) is 85.2 cm³/mol. The number of rotatable bonds is 0. The number of nitrogen functional groups attached to an aromatic ring is 2. The Hall–Kier alpha value is -2.22. The molecule has 2 aliphatic rings. The first-order chi connectivity index (χ1) is 9.72. The topological polar surface area (TPSA) is 52.0 Å². The van der Waals surface area contributed by atoms with E-state index in [0.29, 0.717) is 0 Å². The van der Waals surface area contributed by atoms with Crippen LogP contribution in [0.25, 0.3) is 11.1 Å². The number of benzene rings is 2. The Morgan fingerprint density at radius 2 is 1.05 bits per heavy atom. The summed E-state index contributed by atoms with van der Waals surface area (Å²) in [5.74, 6) is 0. The summed E-state index contributed by atoms with van der Waals surface area (Å²) in [6, 6.07) is 12.6. The zero-order valence-corrected chi connectivity index (χ0v) is 11.4. The fraction of sp³-hybridized carbons (Fsp3) is 0.222. The Balaban J connectivity index is 1.92. The first-order valence-corrected chi connectivity index (χ1v) is 7.22. The summed E-state index contributed by atoms with van der Waals surface area (Å²) in [6.07, 6.45) is 4.52. The number of anilines is 2. The number of nitrogens with two attached hydrogens (primary N) is 2. The molecule has 0 aliphatic heterocycles. The van der Waals surface area contributed by atoms with E-state index in [-0.39, 0.29) is 0 Å². The highest BCUT2D eigenvalue weighted by molar-refractivity contribution is 5.96. The molecule has 2 aromatic carbocycles. The highest BCUT2D eigenvalue weighted by atomic mass is 14.5. The van der Waals surface area contributed by atoms with Gasteiger partial charge in [-0.1, -0.05) is 12.1 Å². The first-order valence-electron chi connectivity index (χ1n) is 7.22. The van der Waals surface area contributed by atoms with Crippen LogP contribution < -0.4 is 11.5 Å². The van der Waals surface area contributed by atoms with Crippen LogP contribution in [-0.4, -0.2) is 0 Å². The minimum absolute atomic E-state index is 0.856. The second-order valence-electron chi connectivity index (χ2n) is 5.79. The van der Waals surface area contributed by atoms with Crippen molar-refractivity contribution in [1.29, 1.82) is 0 Å². The quantitative estimate of drug-likeness (QED) is 0.712. The van der Waals surface area contributed by atoms with Crippen molar-refractivity contribution in [3.8, 4) is 0 Å². The Bertz CT molecular complexity index is 678. The number of hydrogen-bond donors (Lipinski definition) is 2. The molecule has 2 nitrogen and oxygen atoms in total. The van der Waals surface area contributed by atoms with Crippen LogP contribution in [0.3, 0.4) is 0 Å². The molecule has 20 heavy (non-hydrogen) atoms. The summed E-state index contributed by atoms with van der Waals surface area (Å²) in [7, 11) is 0. The third-order valence-electron chi connectivity index (χ3n) is 4.57. The lowest BCUT2D eigenvalue weighted by Gasteiger charge is -2.09. The Labute approximate surface area is 119 Å². The van der Waals surface area contributed by atoms with E-state index in [2.05, 4.69) is 24.3 Å². The summed E-state index contributed by atoms with van der Waals surface area (Å²) in [5.41, 5.74) is 22.2. The largest absolute Gasteiger partial charge is 0.399 e. The van der Waals surface area contributed by atoms with Gasteiger partial charge in [0, 0.05) is 11.4 Å². The van der Waals surface area contributed by atoms with E-state index in [0.717, 1.165) is 37.1 Å². The van der Waals surface area contributed by atoms with Gasteiger partial charge in [-0.05, 0) is 83.3 Å².